The number of amides is 2. The molecular formula is C21H12BrCl2FN2O3. The van der Waals surface area contributed by atoms with Crippen LogP contribution in [0.15, 0.2) is 53.0 Å². The second-order valence-electron chi connectivity index (χ2n) is 6.64. The monoisotopic (exact) mass is 508 g/mol. The largest absolute Gasteiger partial charge is 0.508 e. The Kier molecular flexibility index (Phi) is 5.44. The Hall–Kier alpha value is -2.61. The SMILES string of the molecule is O=C(Nc1cc(Br)cc2c1C(c1cc(F)ccc1Cl)NC2=O)c1cc(O)cc(Cl)c1. The van der Waals surface area contributed by atoms with Gasteiger partial charge in [-0.3, -0.25) is 9.59 Å². The quantitative estimate of drug-likeness (QED) is 0.424. The molecule has 0 saturated heterocycles. The van der Waals surface area contributed by atoms with Crippen LogP contribution < -0.4 is 10.6 Å². The average molecular weight is 510 g/mol. The fourth-order valence-electron chi connectivity index (χ4n) is 3.37. The van der Waals surface area contributed by atoms with Crippen LogP contribution in [0.4, 0.5) is 10.1 Å². The van der Waals surface area contributed by atoms with Gasteiger partial charge >= 0.3 is 0 Å². The molecule has 1 aliphatic rings. The van der Waals surface area contributed by atoms with Crippen molar-refractivity contribution >= 4 is 56.6 Å². The highest BCUT2D eigenvalue weighted by Crippen LogP contribution is 2.41. The summed E-state index contributed by atoms with van der Waals surface area (Å²) < 4.78 is 14.4. The van der Waals surface area contributed by atoms with Crippen molar-refractivity contribution in [2.24, 2.45) is 0 Å². The fraction of sp³-hybridized carbons (Fsp3) is 0.0476. The predicted molar refractivity (Wildman–Crippen MR) is 116 cm³/mol. The van der Waals surface area contributed by atoms with Gasteiger partial charge in [0.1, 0.15) is 11.6 Å². The van der Waals surface area contributed by atoms with Crippen molar-refractivity contribution in [1.29, 1.82) is 0 Å². The molecule has 4 rings (SSSR count). The number of benzene rings is 3. The summed E-state index contributed by atoms with van der Waals surface area (Å²) in [5.41, 5.74) is 1.59. The van der Waals surface area contributed by atoms with Gasteiger partial charge in [0, 0.05) is 42.5 Å². The van der Waals surface area contributed by atoms with Crippen LogP contribution in [0.3, 0.4) is 0 Å². The summed E-state index contributed by atoms with van der Waals surface area (Å²) in [7, 11) is 0. The Morgan fingerprint density at radius 1 is 1.13 bits per heavy atom. The van der Waals surface area contributed by atoms with E-state index in [1.54, 1.807) is 12.1 Å². The average Bonchev–Trinajstić information content (AvgIpc) is 2.99. The first-order valence-electron chi connectivity index (χ1n) is 8.63. The molecule has 0 spiro atoms. The van der Waals surface area contributed by atoms with Gasteiger partial charge in [-0.2, -0.15) is 0 Å². The standard InChI is InChI=1S/C21H12BrCl2FN2O3/c22-10-5-15-18(19(27-21(15)30)14-8-12(25)1-2-16(14)24)17(6-10)26-20(29)9-3-11(23)7-13(28)4-9/h1-8,19,28H,(H,26,29)(H,27,30). The first-order chi connectivity index (χ1) is 14.2. The van der Waals surface area contributed by atoms with Crippen LogP contribution in [0.2, 0.25) is 10.0 Å². The number of halogens is 4. The normalized spacial score (nSPS) is 14.9. The van der Waals surface area contributed by atoms with Crippen LogP contribution in [0.1, 0.15) is 37.9 Å². The third-order valence-electron chi connectivity index (χ3n) is 4.62. The van der Waals surface area contributed by atoms with Crippen molar-refractivity contribution in [3.63, 3.8) is 0 Å². The van der Waals surface area contributed by atoms with Crippen molar-refractivity contribution in [3.05, 3.63) is 91.1 Å². The Morgan fingerprint density at radius 2 is 1.90 bits per heavy atom. The van der Waals surface area contributed by atoms with E-state index in [1.165, 1.54) is 36.4 Å². The van der Waals surface area contributed by atoms with Crippen LogP contribution in [0, 0.1) is 5.82 Å². The molecule has 0 fully saturated rings. The predicted octanol–water partition coefficient (Wildman–Crippen LogP) is 5.69. The Balaban J connectivity index is 1.81. The number of fused-ring (bicyclic) bond motifs is 1. The molecule has 152 valence electrons. The number of phenolic OH excluding ortho intramolecular Hbond substituents is 1. The van der Waals surface area contributed by atoms with Crippen molar-refractivity contribution < 1.29 is 19.1 Å². The zero-order valence-electron chi connectivity index (χ0n) is 15.0. The highest BCUT2D eigenvalue weighted by Gasteiger charge is 2.34. The molecular weight excluding hydrogens is 498 g/mol. The number of anilines is 1. The van der Waals surface area contributed by atoms with E-state index in [1.807, 2.05) is 0 Å². The summed E-state index contributed by atoms with van der Waals surface area (Å²) in [6.07, 6.45) is 0. The number of phenols is 1. The van der Waals surface area contributed by atoms with Gasteiger partial charge in [-0.1, -0.05) is 39.1 Å². The Morgan fingerprint density at radius 3 is 2.63 bits per heavy atom. The van der Waals surface area contributed by atoms with E-state index in [-0.39, 0.29) is 27.3 Å². The Bertz CT molecular complexity index is 1200. The van der Waals surface area contributed by atoms with Gasteiger partial charge in [-0.05, 0) is 48.5 Å². The number of hydrogen-bond acceptors (Lipinski definition) is 3. The van der Waals surface area contributed by atoms with Gasteiger partial charge in [-0.25, -0.2) is 4.39 Å². The lowest BCUT2D eigenvalue weighted by Gasteiger charge is -2.18. The van der Waals surface area contributed by atoms with E-state index in [0.717, 1.165) is 0 Å². The number of carbonyl (C=O) groups is 2. The molecule has 1 atom stereocenters. The first kappa shape index (κ1) is 20.7. The molecule has 0 aromatic heterocycles. The third-order valence-corrected chi connectivity index (χ3v) is 5.64. The van der Waals surface area contributed by atoms with Gasteiger partial charge in [0.15, 0.2) is 0 Å². The maximum absolute atomic E-state index is 13.9. The van der Waals surface area contributed by atoms with Gasteiger partial charge < -0.3 is 15.7 Å². The number of carbonyl (C=O) groups excluding carboxylic acids is 2. The second-order valence-corrected chi connectivity index (χ2v) is 8.40. The van der Waals surface area contributed by atoms with Gasteiger partial charge in [0.05, 0.1) is 6.04 Å². The number of hydrogen-bond donors (Lipinski definition) is 3. The molecule has 1 heterocycles. The number of nitrogens with one attached hydrogen (secondary N) is 2. The molecule has 2 amide bonds. The second kappa shape index (κ2) is 7.91. The molecule has 0 aliphatic carbocycles. The molecule has 0 saturated carbocycles. The van der Waals surface area contributed by atoms with Crippen molar-refractivity contribution in [2.75, 3.05) is 5.32 Å². The minimum Gasteiger partial charge on any atom is -0.508 e. The lowest BCUT2D eigenvalue weighted by molar-refractivity contribution is 0.0959. The molecule has 3 aromatic carbocycles. The van der Waals surface area contributed by atoms with E-state index in [9.17, 15) is 19.1 Å². The van der Waals surface area contributed by atoms with Gasteiger partial charge in [0.25, 0.3) is 11.8 Å². The minimum absolute atomic E-state index is 0.131. The number of rotatable bonds is 3. The maximum Gasteiger partial charge on any atom is 0.255 e. The zero-order chi connectivity index (χ0) is 21.6. The lowest BCUT2D eigenvalue weighted by atomic mass is 9.96. The highest BCUT2D eigenvalue weighted by atomic mass is 79.9. The summed E-state index contributed by atoms with van der Waals surface area (Å²) in [5.74, 6) is -1.59. The van der Waals surface area contributed by atoms with Crippen LogP contribution in [0.5, 0.6) is 5.75 Å². The fourth-order valence-corrected chi connectivity index (χ4v) is 4.28. The zero-order valence-corrected chi connectivity index (χ0v) is 18.1. The lowest BCUT2D eigenvalue weighted by Crippen LogP contribution is -2.21. The van der Waals surface area contributed by atoms with E-state index in [4.69, 9.17) is 23.2 Å². The molecule has 0 radical (unpaired) electrons. The molecule has 0 bridgehead atoms. The first-order valence-corrected chi connectivity index (χ1v) is 10.2. The molecule has 3 N–H and O–H groups in total. The maximum atomic E-state index is 13.9. The molecule has 1 unspecified atom stereocenters. The van der Waals surface area contributed by atoms with Crippen molar-refractivity contribution in [1.82, 2.24) is 5.32 Å². The summed E-state index contributed by atoms with van der Waals surface area (Å²) >= 11 is 15.5. The van der Waals surface area contributed by atoms with E-state index < -0.39 is 17.8 Å². The molecule has 3 aromatic rings. The van der Waals surface area contributed by atoms with Crippen molar-refractivity contribution in [2.45, 2.75) is 6.04 Å². The smallest absolute Gasteiger partial charge is 0.255 e. The Labute approximate surface area is 188 Å². The van der Waals surface area contributed by atoms with E-state index in [0.29, 0.717) is 26.9 Å². The van der Waals surface area contributed by atoms with E-state index >= 15 is 0 Å². The third kappa shape index (κ3) is 3.88. The topological polar surface area (TPSA) is 78.4 Å². The van der Waals surface area contributed by atoms with Crippen LogP contribution in [-0.2, 0) is 0 Å². The van der Waals surface area contributed by atoms with Crippen LogP contribution in [0.25, 0.3) is 0 Å². The highest BCUT2D eigenvalue weighted by molar-refractivity contribution is 9.10. The molecule has 1 aliphatic heterocycles. The van der Waals surface area contributed by atoms with Crippen LogP contribution >= 0.6 is 39.1 Å². The molecule has 9 heteroatoms. The molecule has 30 heavy (non-hydrogen) atoms. The van der Waals surface area contributed by atoms with Gasteiger partial charge in [0.2, 0.25) is 0 Å². The van der Waals surface area contributed by atoms with Crippen molar-refractivity contribution in [3.8, 4) is 5.75 Å². The molecule has 5 nitrogen and oxygen atoms in total. The summed E-state index contributed by atoms with van der Waals surface area (Å²) in [5, 5.41) is 15.7. The summed E-state index contributed by atoms with van der Waals surface area (Å²) in [6.45, 7) is 0. The number of aromatic hydroxyl groups is 1. The van der Waals surface area contributed by atoms with Gasteiger partial charge in [-0.15, -0.1) is 0 Å². The van der Waals surface area contributed by atoms with Crippen LogP contribution in [-0.4, -0.2) is 16.9 Å². The summed E-state index contributed by atoms with van der Waals surface area (Å²) in [6, 6.07) is 10.3. The minimum atomic E-state index is -0.758. The van der Waals surface area contributed by atoms with E-state index in [2.05, 4.69) is 26.6 Å². The summed E-state index contributed by atoms with van der Waals surface area (Å²) in [4.78, 5) is 25.4.